The van der Waals surface area contributed by atoms with Gasteiger partial charge in [-0.1, -0.05) is 19.9 Å². The lowest BCUT2D eigenvalue weighted by Crippen LogP contribution is -2.45. The summed E-state index contributed by atoms with van der Waals surface area (Å²) in [6.45, 7) is 7.42. The summed E-state index contributed by atoms with van der Waals surface area (Å²) in [7, 11) is 0. The number of hydrogen-bond acceptors (Lipinski definition) is 6. The van der Waals surface area contributed by atoms with E-state index in [4.69, 9.17) is 5.26 Å². The van der Waals surface area contributed by atoms with E-state index in [2.05, 4.69) is 51.8 Å². The molecule has 2 aliphatic rings. The minimum atomic E-state index is -0.188. The van der Waals surface area contributed by atoms with Crippen LogP contribution in [0, 0.1) is 18.3 Å². The zero-order valence-corrected chi connectivity index (χ0v) is 19.4. The first kappa shape index (κ1) is 22.0. The number of piperidine rings is 1. The quantitative estimate of drug-likeness (QED) is 0.668. The molecule has 0 unspecified atom stereocenters. The van der Waals surface area contributed by atoms with Crippen LogP contribution in [0.15, 0.2) is 17.5 Å². The van der Waals surface area contributed by atoms with Crippen LogP contribution in [-0.2, 0) is 4.79 Å². The summed E-state index contributed by atoms with van der Waals surface area (Å²) in [4.78, 5) is 15.9. The summed E-state index contributed by atoms with van der Waals surface area (Å²) in [5.74, 6) is 2.32. The molecule has 0 radical (unpaired) electrons. The van der Waals surface area contributed by atoms with Crippen molar-refractivity contribution < 1.29 is 4.79 Å². The fourth-order valence-electron chi connectivity index (χ4n) is 5.42. The lowest BCUT2D eigenvalue weighted by atomic mass is 9.95. The third-order valence-corrected chi connectivity index (χ3v) is 7.76. The van der Waals surface area contributed by atoms with E-state index in [1.165, 1.54) is 12.8 Å². The van der Waals surface area contributed by atoms with Crippen LogP contribution in [0.2, 0.25) is 0 Å². The number of carbonyl (C=O) groups is 1. The molecule has 2 bridgehead atoms. The number of aryl methyl sites for hydroxylation is 1. The van der Waals surface area contributed by atoms with Crippen LogP contribution in [0.5, 0.6) is 0 Å². The maximum atomic E-state index is 12.1. The normalized spacial score (nSPS) is 24.3. The highest BCUT2D eigenvalue weighted by Gasteiger charge is 2.42. The first-order chi connectivity index (χ1) is 15.0. The van der Waals surface area contributed by atoms with Gasteiger partial charge < -0.3 is 9.88 Å². The van der Waals surface area contributed by atoms with Gasteiger partial charge in [-0.2, -0.15) is 5.26 Å². The standard InChI is InChI=1S/C23H32N6OS/c1-15(2)23-27-26-16(3)29(23)19-13-17-6-7-18(14-19)28(17)11-9-20(21-5-4-12-31-21)25-22(30)8-10-24/h4-5,12,15,17-20H,6-9,11,13-14H2,1-3H3,(H,25,30)/t17-,18+,19-,20-/m0/s1. The Morgan fingerprint density at radius 3 is 2.65 bits per heavy atom. The van der Waals surface area contributed by atoms with Crippen LogP contribution in [0.3, 0.4) is 0 Å². The van der Waals surface area contributed by atoms with Crippen molar-refractivity contribution in [2.75, 3.05) is 6.54 Å². The molecule has 2 saturated heterocycles. The zero-order chi connectivity index (χ0) is 22.0. The Hall–Kier alpha value is -2.24. The second-order valence-electron chi connectivity index (χ2n) is 9.14. The number of nitriles is 1. The topological polar surface area (TPSA) is 86.8 Å². The highest BCUT2D eigenvalue weighted by Crippen LogP contribution is 2.42. The van der Waals surface area contributed by atoms with Crippen LogP contribution in [-0.4, -0.2) is 44.2 Å². The number of aromatic nitrogens is 3. The van der Waals surface area contributed by atoms with Crippen molar-refractivity contribution >= 4 is 17.2 Å². The Morgan fingerprint density at radius 2 is 2.03 bits per heavy atom. The summed E-state index contributed by atoms with van der Waals surface area (Å²) in [5.41, 5.74) is 0. The van der Waals surface area contributed by atoms with Gasteiger partial charge >= 0.3 is 0 Å². The molecule has 0 aromatic carbocycles. The van der Waals surface area contributed by atoms with E-state index in [0.29, 0.717) is 24.0 Å². The van der Waals surface area contributed by atoms with Crippen molar-refractivity contribution in [1.29, 1.82) is 5.26 Å². The molecule has 0 saturated carbocycles. The highest BCUT2D eigenvalue weighted by molar-refractivity contribution is 7.10. The average molecular weight is 441 g/mol. The third-order valence-electron chi connectivity index (χ3n) is 6.77. The Labute approximate surface area is 188 Å². The van der Waals surface area contributed by atoms with Gasteiger partial charge in [0.2, 0.25) is 5.91 Å². The summed E-state index contributed by atoms with van der Waals surface area (Å²) in [6, 6.07) is 7.65. The summed E-state index contributed by atoms with van der Waals surface area (Å²) in [6.07, 6.45) is 5.54. The highest BCUT2D eigenvalue weighted by atomic mass is 32.1. The molecule has 4 heterocycles. The van der Waals surface area contributed by atoms with E-state index < -0.39 is 0 Å². The zero-order valence-electron chi connectivity index (χ0n) is 18.6. The molecule has 31 heavy (non-hydrogen) atoms. The predicted molar refractivity (Wildman–Crippen MR) is 121 cm³/mol. The van der Waals surface area contributed by atoms with Gasteiger partial charge in [-0.15, -0.1) is 21.5 Å². The SMILES string of the molecule is Cc1nnc(C(C)C)n1[C@@H]1C[C@H]2CC[C@@H](C1)N2CC[C@H](NC(=O)CC#N)c1cccs1. The van der Waals surface area contributed by atoms with Crippen LogP contribution in [0.1, 0.15) is 86.9 Å². The number of fused-ring (bicyclic) bond motifs is 2. The monoisotopic (exact) mass is 440 g/mol. The first-order valence-electron chi connectivity index (χ1n) is 11.3. The molecule has 166 valence electrons. The Morgan fingerprint density at radius 1 is 1.29 bits per heavy atom. The summed E-state index contributed by atoms with van der Waals surface area (Å²) < 4.78 is 2.39. The molecular weight excluding hydrogens is 408 g/mol. The van der Waals surface area contributed by atoms with Crippen molar-refractivity contribution in [3.63, 3.8) is 0 Å². The number of amides is 1. The van der Waals surface area contributed by atoms with Gasteiger partial charge in [-0.25, -0.2) is 0 Å². The van der Waals surface area contributed by atoms with Crippen LogP contribution in [0.25, 0.3) is 0 Å². The number of nitrogens with zero attached hydrogens (tertiary/aromatic N) is 5. The fourth-order valence-corrected chi connectivity index (χ4v) is 6.23. The van der Waals surface area contributed by atoms with Crippen molar-refractivity contribution in [1.82, 2.24) is 25.0 Å². The van der Waals surface area contributed by atoms with Gasteiger partial charge in [0.25, 0.3) is 0 Å². The first-order valence-corrected chi connectivity index (χ1v) is 12.2. The fraction of sp³-hybridized carbons (Fsp3) is 0.652. The van der Waals surface area contributed by atoms with E-state index in [0.717, 1.165) is 42.3 Å². The molecule has 2 aliphatic heterocycles. The predicted octanol–water partition coefficient (Wildman–Crippen LogP) is 4.10. The summed E-state index contributed by atoms with van der Waals surface area (Å²) >= 11 is 1.67. The lowest BCUT2D eigenvalue weighted by molar-refractivity contribution is -0.120. The van der Waals surface area contributed by atoms with Crippen molar-refractivity contribution in [3.05, 3.63) is 34.0 Å². The van der Waals surface area contributed by atoms with Crippen molar-refractivity contribution in [2.45, 2.75) is 89.4 Å². The lowest BCUT2D eigenvalue weighted by Gasteiger charge is -2.40. The van der Waals surface area contributed by atoms with E-state index in [-0.39, 0.29) is 18.4 Å². The number of thiophene rings is 1. The molecule has 2 aromatic rings. The molecule has 1 amide bonds. The molecule has 2 aromatic heterocycles. The van der Waals surface area contributed by atoms with Crippen LogP contribution >= 0.6 is 11.3 Å². The van der Waals surface area contributed by atoms with Gasteiger partial charge in [-0.05, 0) is 50.5 Å². The van der Waals surface area contributed by atoms with Crippen LogP contribution < -0.4 is 5.32 Å². The molecule has 4 atom stereocenters. The molecule has 4 rings (SSSR count). The van der Waals surface area contributed by atoms with E-state index in [1.807, 2.05) is 17.5 Å². The van der Waals surface area contributed by atoms with Gasteiger partial charge in [0.1, 0.15) is 18.1 Å². The molecule has 7 nitrogen and oxygen atoms in total. The average Bonchev–Trinajstić information content (AvgIpc) is 3.44. The molecule has 1 N–H and O–H groups in total. The number of hydrogen-bond donors (Lipinski definition) is 1. The molecule has 8 heteroatoms. The Kier molecular flexibility index (Phi) is 6.73. The molecule has 0 aliphatic carbocycles. The third kappa shape index (κ3) is 4.68. The number of rotatable bonds is 8. The van der Waals surface area contributed by atoms with Crippen LogP contribution in [0.4, 0.5) is 0 Å². The van der Waals surface area contributed by atoms with Gasteiger partial charge in [0.15, 0.2) is 0 Å². The van der Waals surface area contributed by atoms with Crippen molar-refractivity contribution in [2.24, 2.45) is 0 Å². The number of nitrogens with one attached hydrogen (secondary N) is 1. The van der Waals surface area contributed by atoms with Gasteiger partial charge in [-0.3, -0.25) is 9.69 Å². The Balaban J connectivity index is 1.42. The molecule has 2 fully saturated rings. The second kappa shape index (κ2) is 9.49. The van der Waals surface area contributed by atoms with Crippen molar-refractivity contribution in [3.8, 4) is 6.07 Å². The second-order valence-corrected chi connectivity index (χ2v) is 10.1. The maximum absolute atomic E-state index is 12.1. The summed E-state index contributed by atoms with van der Waals surface area (Å²) in [5, 5.41) is 22.8. The molecule has 0 spiro atoms. The van der Waals surface area contributed by atoms with Gasteiger partial charge in [0, 0.05) is 35.5 Å². The van der Waals surface area contributed by atoms with E-state index in [1.54, 1.807) is 11.3 Å². The Bertz CT molecular complexity index is 917. The maximum Gasteiger partial charge on any atom is 0.234 e. The minimum absolute atomic E-state index is 0.0226. The largest absolute Gasteiger partial charge is 0.348 e. The minimum Gasteiger partial charge on any atom is -0.348 e. The smallest absolute Gasteiger partial charge is 0.234 e. The van der Waals surface area contributed by atoms with E-state index in [9.17, 15) is 4.79 Å². The number of carbonyl (C=O) groups excluding carboxylic acids is 1. The van der Waals surface area contributed by atoms with Gasteiger partial charge in [0.05, 0.1) is 12.1 Å². The molecular formula is C23H32N6OS. The van der Waals surface area contributed by atoms with E-state index >= 15 is 0 Å².